The summed E-state index contributed by atoms with van der Waals surface area (Å²) in [6.45, 7) is 2.45. The molecule has 0 radical (unpaired) electrons. The van der Waals surface area contributed by atoms with Crippen molar-refractivity contribution in [3.8, 4) is 11.4 Å². The van der Waals surface area contributed by atoms with E-state index in [-0.39, 0.29) is 11.7 Å². The van der Waals surface area contributed by atoms with Gasteiger partial charge in [-0.2, -0.15) is 0 Å². The molecule has 1 saturated heterocycles. The van der Waals surface area contributed by atoms with Gasteiger partial charge in [-0.1, -0.05) is 30.7 Å². The molecule has 2 heterocycles. The number of hydrogen-bond donors (Lipinski definition) is 1. The average molecular weight is 487 g/mol. The van der Waals surface area contributed by atoms with E-state index in [0.717, 1.165) is 34.9 Å². The molecule has 1 aliphatic heterocycles. The van der Waals surface area contributed by atoms with Crippen LogP contribution >= 0.6 is 0 Å². The van der Waals surface area contributed by atoms with Gasteiger partial charge in [0.1, 0.15) is 0 Å². The SMILES string of the molecule is Cc1ccc(NC(=O)c2ccc(N3CCCCCS3(=O)=O)cc2)cc1-c1ncc2ccccc2n1. The van der Waals surface area contributed by atoms with Crippen LogP contribution < -0.4 is 9.62 Å². The lowest BCUT2D eigenvalue weighted by Crippen LogP contribution is -2.32. The first kappa shape index (κ1) is 23.0. The van der Waals surface area contributed by atoms with Gasteiger partial charge in [0.15, 0.2) is 5.82 Å². The molecule has 3 aromatic carbocycles. The molecule has 8 heteroatoms. The number of anilines is 2. The van der Waals surface area contributed by atoms with Crippen LogP contribution in [0.1, 0.15) is 35.2 Å². The summed E-state index contributed by atoms with van der Waals surface area (Å²) >= 11 is 0. The fourth-order valence-corrected chi connectivity index (χ4v) is 5.92. The fourth-order valence-electron chi connectivity index (χ4n) is 4.28. The summed E-state index contributed by atoms with van der Waals surface area (Å²) in [6.07, 6.45) is 4.22. The monoisotopic (exact) mass is 486 g/mol. The Labute approximate surface area is 204 Å². The lowest BCUT2D eigenvalue weighted by molar-refractivity contribution is 0.102. The van der Waals surface area contributed by atoms with Crippen molar-refractivity contribution in [1.29, 1.82) is 0 Å². The Balaban J connectivity index is 1.36. The van der Waals surface area contributed by atoms with E-state index in [1.807, 2.05) is 49.4 Å². The molecular formula is C27H26N4O3S. The molecule has 1 fully saturated rings. The van der Waals surface area contributed by atoms with E-state index in [1.165, 1.54) is 4.31 Å². The maximum atomic E-state index is 12.9. The van der Waals surface area contributed by atoms with Gasteiger partial charge in [0.2, 0.25) is 10.0 Å². The van der Waals surface area contributed by atoms with Crippen molar-refractivity contribution in [2.24, 2.45) is 0 Å². The highest BCUT2D eigenvalue weighted by Crippen LogP contribution is 2.27. The number of nitrogens with zero attached hydrogens (tertiary/aromatic N) is 3. The minimum atomic E-state index is -3.32. The molecule has 0 aliphatic carbocycles. The summed E-state index contributed by atoms with van der Waals surface area (Å²) in [6, 6.07) is 20.2. The first-order valence-corrected chi connectivity index (χ1v) is 13.3. The number of benzene rings is 3. The highest BCUT2D eigenvalue weighted by Gasteiger charge is 2.24. The summed E-state index contributed by atoms with van der Waals surface area (Å²) in [4.78, 5) is 22.1. The van der Waals surface area contributed by atoms with Gasteiger partial charge in [-0.15, -0.1) is 0 Å². The number of fused-ring (bicyclic) bond motifs is 1. The van der Waals surface area contributed by atoms with Crippen LogP contribution in [0.4, 0.5) is 11.4 Å². The predicted octanol–water partition coefficient (Wildman–Crippen LogP) is 5.18. The van der Waals surface area contributed by atoms with Crippen molar-refractivity contribution < 1.29 is 13.2 Å². The maximum absolute atomic E-state index is 12.9. The number of rotatable bonds is 4. The Morgan fingerprint density at radius 1 is 0.971 bits per heavy atom. The van der Waals surface area contributed by atoms with Crippen LogP contribution in [0.25, 0.3) is 22.3 Å². The third-order valence-corrected chi connectivity index (χ3v) is 8.11. The van der Waals surface area contributed by atoms with E-state index in [1.54, 1.807) is 30.5 Å². The van der Waals surface area contributed by atoms with Gasteiger partial charge >= 0.3 is 0 Å². The van der Waals surface area contributed by atoms with E-state index in [2.05, 4.69) is 15.3 Å². The number of carbonyl (C=O) groups is 1. The molecule has 1 N–H and O–H groups in total. The number of carbonyl (C=O) groups excluding carboxylic acids is 1. The van der Waals surface area contributed by atoms with Crippen LogP contribution in [0.5, 0.6) is 0 Å². The molecule has 0 spiro atoms. The van der Waals surface area contributed by atoms with E-state index in [4.69, 9.17) is 0 Å². The number of aromatic nitrogens is 2. The Kier molecular flexibility index (Phi) is 6.21. The second kappa shape index (κ2) is 9.46. The van der Waals surface area contributed by atoms with Crippen LogP contribution in [0.15, 0.2) is 72.9 Å². The van der Waals surface area contributed by atoms with Gasteiger partial charge < -0.3 is 5.32 Å². The molecule has 1 aromatic heterocycles. The molecule has 1 amide bonds. The third-order valence-electron chi connectivity index (χ3n) is 6.24. The summed E-state index contributed by atoms with van der Waals surface area (Å²) in [5, 5.41) is 3.90. The number of aryl methyl sites for hydroxylation is 1. The first-order valence-electron chi connectivity index (χ1n) is 11.7. The zero-order valence-corrected chi connectivity index (χ0v) is 20.3. The zero-order valence-electron chi connectivity index (χ0n) is 19.4. The quantitative estimate of drug-likeness (QED) is 0.429. The Hall–Kier alpha value is -3.78. The molecule has 4 aromatic rings. The molecule has 1 aliphatic rings. The molecule has 5 rings (SSSR count). The molecule has 0 bridgehead atoms. The average Bonchev–Trinajstić information content (AvgIpc) is 3.05. The van der Waals surface area contributed by atoms with Crippen molar-refractivity contribution in [2.45, 2.75) is 26.2 Å². The summed E-state index contributed by atoms with van der Waals surface area (Å²) in [5.74, 6) is 0.483. The van der Waals surface area contributed by atoms with Crippen molar-refractivity contribution >= 4 is 38.2 Å². The zero-order chi connectivity index (χ0) is 24.4. The van der Waals surface area contributed by atoms with Crippen LogP contribution in [0, 0.1) is 6.92 Å². The molecule has 178 valence electrons. The van der Waals surface area contributed by atoms with Gasteiger partial charge in [-0.25, -0.2) is 18.4 Å². The van der Waals surface area contributed by atoms with Gasteiger partial charge in [0, 0.05) is 34.9 Å². The van der Waals surface area contributed by atoms with Crippen molar-refractivity contribution in [1.82, 2.24) is 9.97 Å². The fraction of sp³-hybridized carbons (Fsp3) is 0.222. The topological polar surface area (TPSA) is 92.3 Å². The Morgan fingerprint density at radius 2 is 1.77 bits per heavy atom. The van der Waals surface area contributed by atoms with Crippen molar-refractivity contribution in [3.63, 3.8) is 0 Å². The lowest BCUT2D eigenvalue weighted by Gasteiger charge is -2.22. The predicted molar refractivity (Wildman–Crippen MR) is 139 cm³/mol. The Morgan fingerprint density at radius 3 is 2.60 bits per heavy atom. The van der Waals surface area contributed by atoms with Gasteiger partial charge in [-0.3, -0.25) is 9.10 Å². The van der Waals surface area contributed by atoms with Crippen LogP contribution in [0.2, 0.25) is 0 Å². The molecule has 0 unspecified atom stereocenters. The summed E-state index contributed by atoms with van der Waals surface area (Å²) in [5.41, 5.74) is 4.38. The number of hydrogen-bond acceptors (Lipinski definition) is 5. The molecule has 0 saturated carbocycles. The lowest BCUT2D eigenvalue weighted by atomic mass is 10.1. The number of amides is 1. The largest absolute Gasteiger partial charge is 0.322 e. The molecule has 7 nitrogen and oxygen atoms in total. The number of sulfonamides is 1. The Bertz CT molecular complexity index is 1500. The number of nitrogens with one attached hydrogen (secondary N) is 1. The minimum Gasteiger partial charge on any atom is -0.322 e. The minimum absolute atomic E-state index is 0.159. The summed E-state index contributed by atoms with van der Waals surface area (Å²) < 4.78 is 26.6. The second-order valence-corrected chi connectivity index (χ2v) is 10.7. The first-order chi connectivity index (χ1) is 16.9. The standard InChI is InChI=1S/C27H26N4O3S/c1-19-9-12-22(17-24(19)26-28-18-21-7-3-4-8-25(21)30-26)29-27(32)20-10-13-23(14-11-20)31-15-5-2-6-16-35(31,33)34/h3-4,7-14,17-18H,2,5-6,15-16H2,1H3,(H,29,32). The van der Waals surface area contributed by atoms with Gasteiger partial charge in [-0.05, 0) is 67.8 Å². The molecule has 0 atom stereocenters. The van der Waals surface area contributed by atoms with Crippen LogP contribution in [-0.2, 0) is 10.0 Å². The van der Waals surface area contributed by atoms with Crippen molar-refractivity contribution in [3.05, 3.63) is 84.1 Å². The maximum Gasteiger partial charge on any atom is 0.255 e. The normalized spacial score (nSPS) is 15.5. The molecular weight excluding hydrogens is 460 g/mol. The van der Waals surface area contributed by atoms with E-state index in [0.29, 0.717) is 35.7 Å². The van der Waals surface area contributed by atoms with Crippen LogP contribution in [0.3, 0.4) is 0 Å². The van der Waals surface area contributed by atoms with Crippen molar-refractivity contribution in [2.75, 3.05) is 21.9 Å². The highest BCUT2D eigenvalue weighted by atomic mass is 32.2. The third kappa shape index (κ3) is 4.88. The highest BCUT2D eigenvalue weighted by molar-refractivity contribution is 7.92. The van der Waals surface area contributed by atoms with E-state index in [9.17, 15) is 13.2 Å². The number of para-hydroxylation sites is 1. The summed E-state index contributed by atoms with van der Waals surface area (Å²) in [7, 11) is -3.32. The van der Waals surface area contributed by atoms with E-state index >= 15 is 0 Å². The van der Waals surface area contributed by atoms with Gasteiger partial charge in [0.25, 0.3) is 5.91 Å². The smallest absolute Gasteiger partial charge is 0.255 e. The van der Waals surface area contributed by atoms with E-state index < -0.39 is 10.0 Å². The molecule has 35 heavy (non-hydrogen) atoms. The van der Waals surface area contributed by atoms with Crippen LogP contribution in [-0.4, -0.2) is 36.6 Å². The van der Waals surface area contributed by atoms with Gasteiger partial charge in [0.05, 0.1) is 17.0 Å². The second-order valence-electron chi connectivity index (χ2n) is 8.73.